The minimum atomic E-state index is -4.12. The maximum absolute atomic E-state index is 13.5. The predicted molar refractivity (Wildman–Crippen MR) is 73.6 cm³/mol. The third-order valence-corrected chi connectivity index (χ3v) is 4.65. The molecule has 0 aliphatic rings. The fourth-order valence-corrected chi connectivity index (χ4v) is 3.45. The lowest BCUT2D eigenvalue weighted by atomic mass is 10.3. The Kier molecular flexibility index (Phi) is 5.57. The van der Waals surface area contributed by atoms with E-state index in [4.69, 9.17) is 5.73 Å². The van der Waals surface area contributed by atoms with E-state index in [1.54, 1.807) is 18.7 Å². The molecule has 19 heavy (non-hydrogen) atoms. The van der Waals surface area contributed by atoms with E-state index in [1.165, 1.54) is 0 Å². The van der Waals surface area contributed by atoms with Gasteiger partial charge in [-0.1, -0.05) is 0 Å². The van der Waals surface area contributed by atoms with Crippen LogP contribution in [0.2, 0.25) is 0 Å². The van der Waals surface area contributed by atoms with Crippen LogP contribution in [0.15, 0.2) is 17.0 Å². The maximum atomic E-state index is 13.5. The van der Waals surface area contributed by atoms with Gasteiger partial charge in [0.2, 0.25) is 10.0 Å². The van der Waals surface area contributed by atoms with Crippen molar-refractivity contribution in [2.24, 2.45) is 0 Å². The first kappa shape index (κ1) is 16.2. The normalized spacial score (nSPS) is 13.5. The summed E-state index contributed by atoms with van der Waals surface area (Å²) in [5, 5.41) is 0. The Labute approximate surface area is 115 Å². The minimum Gasteiger partial charge on any atom is -0.399 e. The zero-order chi connectivity index (χ0) is 14.6. The number of hydrogen-bond donors (Lipinski definition) is 2. The van der Waals surface area contributed by atoms with Gasteiger partial charge < -0.3 is 5.73 Å². The number of sulfonamides is 1. The molecular weight excluding hydrogens is 294 g/mol. The van der Waals surface area contributed by atoms with E-state index in [2.05, 4.69) is 4.72 Å². The van der Waals surface area contributed by atoms with Gasteiger partial charge in [0.15, 0.2) is 11.6 Å². The van der Waals surface area contributed by atoms with Crippen molar-refractivity contribution in [1.29, 1.82) is 0 Å². The van der Waals surface area contributed by atoms with Crippen molar-refractivity contribution >= 4 is 27.5 Å². The van der Waals surface area contributed by atoms with Crippen LogP contribution in [0.25, 0.3) is 0 Å². The molecule has 1 unspecified atom stereocenters. The van der Waals surface area contributed by atoms with E-state index in [0.717, 1.165) is 17.9 Å². The highest BCUT2D eigenvalue weighted by molar-refractivity contribution is 7.98. The van der Waals surface area contributed by atoms with Gasteiger partial charge in [0.25, 0.3) is 0 Å². The Balaban J connectivity index is 3.01. The topological polar surface area (TPSA) is 72.2 Å². The van der Waals surface area contributed by atoms with Gasteiger partial charge in [-0.05, 0) is 37.5 Å². The third kappa shape index (κ3) is 4.32. The van der Waals surface area contributed by atoms with Gasteiger partial charge in [-0.25, -0.2) is 21.9 Å². The van der Waals surface area contributed by atoms with Crippen LogP contribution in [-0.2, 0) is 10.0 Å². The molecular formula is C11H16F2N2O2S2. The van der Waals surface area contributed by atoms with Crippen LogP contribution in [0.5, 0.6) is 0 Å². The monoisotopic (exact) mass is 310 g/mol. The number of hydrogen-bond acceptors (Lipinski definition) is 4. The summed E-state index contributed by atoms with van der Waals surface area (Å²) in [6.07, 6.45) is 2.49. The number of anilines is 1. The van der Waals surface area contributed by atoms with Gasteiger partial charge in [-0.15, -0.1) is 0 Å². The van der Waals surface area contributed by atoms with Crippen LogP contribution in [0, 0.1) is 11.6 Å². The maximum Gasteiger partial charge on any atom is 0.243 e. The molecule has 0 aliphatic carbocycles. The van der Waals surface area contributed by atoms with Crippen molar-refractivity contribution in [1.82, 2.24) is 4.72 Å². The Bertz CT molecular complexity index is 550. The molecule has 4 nitrogen and oxygen atoms in total. The van der Waals surface area contributed by atoms with E-state index in [-0.39, 0.29) is 11.7 Å². The second-order valence-electron chi connectivity index (χ2n) is 4.12. The lowest BCUT2D eigenvalue weighted by Crippen LogP contribution is -2.33. The predicted octanol–water partition coefficient (Wildman–Crippen LogP) is 1.97. The van der Waals surface area contributed by atoms with Crippen LogP contribution in [0.4, 0.5) is 14.5 Å². The molecule has 0 radical (unpaired) electrons. The number of rotatable bonds is 6. The van der Waals surface area contributed by atoms with Crippen molar-refractivity contribution < 1.29 is 17.2 Å². The molecule has 1 atom stereocenters. The average Bonchev–Trinajstić information content (AvgIpc) is 2.30. The largest absolute Gasteiger partial charge is 0.399 e. The zero-order valence-electron chi connectivity index (χ0n) is 10.6. The highest BCUT2D eigenvalue weighted by Crippen LogP contribution is 2.21. The molecule has 0 bridgehead atoms. The van der Waals surface area contributed by atoms with Crippen LogP contribution in [0.3, 0.4) is 0 Å². The second-order valence-corrected chi connectivity index (χ2v) is 6.79. The Hall–Kier alpha value is -0.860. The van der Waals surface area contributed by atoms with Gasteiger partial charge in [-0.2, -0.15) is 11.8 Å². The smallest absolute Gasteiger partial charge is 0.243 e. The summed E-state index contributed by atoms with van der Waals surface area (Å²) in [5.74, 6) is -1.94. The molecule has 0 heterocycles. The number of halogens is 2. The molecule has 3 N–H and O–H groups in total. The van der Waals surface area contributed by atoms with E-state index in [9.17, 15) is 17.2 Å². The molecule has 0 aliphatic heterocycles. The van der Waals surface area contributed by atoms with Gasteiger partial charge in [0.05, 0.1) is 0 Å². The minimum absolute atomic E-state index is 0.143. The Morgan fingerprint density at radius 2 is 2.05 bits per heavy atom. The SMILES string of the molecule is CSCCC(C)NS(=O)(=O)c1cc(N)cc(F)c1F. The Morgan fingerprint density at radius 1 is 1.42 bits per heavy atom. The third-order valence-electron chi connectivity index (χ3n) is 2.42. The summed E-state index contributed by atoms with van der Waals surface area (Å²) < 4.78 is 52.9. The lowest BCUT2D eigenvalue weighted by Gasteiger charge is -2.14. The summed E-state index contributed by atoms with van der Waals surface area (Å²) in [6.45, 7) is 1.66. The van der Waals surface area contributed by atoms with Gasteiger partial charge >= 0.3 is 0 Å². The number of nitrogens with two attached hydrogens (primary N) is 1. The lowest BCUT2D eigenvalue weighted by molar-refractivity contribution is 0.481. The van der Waals surface area contributed by atoms with Crippen molar-refractivity contribution in [3.63, 3.8) is 0 Å². The summed E-state index contributed by atoms with van der Waals surface area (Å²) >= 11 is 1.57. The molecule has 0 saturated heterocycles. The molecule has 0 fully saturated rings. The highest BCUT2D eigenvalue weighted by Gasteiger charge is 2.24. The molecule has 8 heteroatoms. The molecule has 1 rings (SSSR count). The number of nitrogen functional groups attached to an aromatic ring is 1. The molecule has 1 aromatic carbocycles. The van der Waals surface area contributed by atoms with Gasteiger partial charge in [-0.3, -0.25) is 0 Å². The number of benzene rings is 1. The summed E-state index contributed by atoms with van der Waals surface area (Å²) in [4.78, 5) is -0.763. The quantitative estimate of drug-likeness (QED) is 0.788. The number of thioether (sulfide) groups is 1. The zero-order valence-corrected chi connectivity index (χ0v) is 12.2. The summed E-state index contributed by atoms with van der Waals surface area (Å²) in [7, 11) is -4.12. The molecule has 1 aromatic rings. The fraction of sp³-hybridized carbons (Fsp3) is 0.455. The van der Waals surface area contributed by atoms with Crippen LogP contribution in [0.1, 0.15) is 13.3 Å². The molecule has 0 amide bonds. The van der Waals surface area contributed by atoms with Gasteiger partial charge in [0, 0.05) is 11.7 Å². The van der Waals surface area contributed by atoms with E-state index < -0.39 is 26.6 Å². The van der Waals surface area contributed by atoms with Crippen LogP contribution >= 0.6 is 11.8 Å². The van der Waals surface area contributed by atoms with E-state index in [0.29, 0.717) is 6.42 Å². The summed E-state index contributed by atoms with van der Waals surface area (Å²) in [6, 6.07) is 1.27. The number of nitrogens with one attached hydrogen (secondary N) is 1. The van der Waals surface area contributed by atoms with Gasteiger partial charge in [0.1, 0.15) is 4.90 Å². The highest BCUT2D eigenvalue weighted by atomic mass is 32.2. The van der Waals surface area contributed by atoms with E-state index in [1.807, 2.05) is 6.26 Å². The first-order chi connectivity index (χ1) is 8.77. The molecule has 108 valence electrons. The van der Waals surface area contributed by atoms with Crippen molar-refractivity contribution in [2.45, 2.75) is 24.3 Å². The van der Waals surface area contributed by atoms with Crippen molar-refractivity contribution in [3.8, 4) is 0 Å². The average molecular weight is 310 g/mol. The van der Waals surface area contributed by atoms with Crippen molar-refractivity contribution in [2.75, 3.05) is 17.7 Å². The van der Waals surface area contributed by atoms with E-state index >= 15 is 0 Å². The second kappa shape index (κ2) is 6.53. The molecule has 0 aromatic heterocycles. The molecule has 0 saturated carbocycles. The standard InChI is InChI=1S/C11H16F2N2O2S2/c1-7(3-4-18-2)15-19(16,17)10-6-8(14)5-9(12)11(10)13/h5-7,15H,3-4,14H2,1-2H3. The summed E-state index contributed by atoms with van der Waals surface area (Å²) in [5.41, 5.74) is 5.19. The first-order valence-corrected chi connectivity index (χ1v) is 8.41. The fourth-order valence-electron chi connectivity index (χ4n) is 1.46. The van der Waals surface area contributed by atoms with Crippen molar-refractivity contribution in [3.05, 3.63) is 23.8 Å². The molecule has 0 spiro atoms. The van der Waals surface area contributed by atoms with Crippen LogP contribution < -0.4 is 10.5 Å². The Morgan fingerprint density at radius 3 is 2.63 bits per heavy atom. The first-order valence-electron chi connectivity index (χ1n) is 5.53. The van der Waals surface area contributed by atoms with Crippen LogP contribution in [-0.4, -0.2) is 26.5 Å².